The summed E-state index contributed by atoms with van der Waals surface area (Å²) in [5.41, 5.74) is 0.706. The number of methoxy groups -OCH3 is 2. The minimum absolute atomic E-state index is 0.0164. The van der Waals surface area contributed by atoms with E-state index in [2.05, 4.69) is 5.32 Å². The van der Waals surface area contributed by atoms with E-state index >= 15 is 0 Å². The van der Waals surface area contributed by atoms with Gasteiger partial charge in [-0.05, 0) is 18.6 Å². The Kier molecular flexibility index (Phi) is 7.94. The number of unbranched alkanes of at least 4 members (excludes halogenated alkanes) is 1. The standard InChI is InChI=1S/C17H26N2O4/c1-5-6-7-17(21)18-10-11-19(13(2)20)14-8-9-15(22-3)16(12-14)23-4/h8-9,12H,5-7,10-11H2,1-4H3,(H,18,21). The Bertz CT molecular complexity index is 531. The first-order valence-corrected chi connectivity index (χ1v) is 7.80. The van der Waals surface area contributed by atoms with Gasteiger partial charge in [0.1, 0.15) is 0 Å². The summed E-state index contributed by atoms with van der Waals surface area (Å²) in [7, 11) is 3.11. The third-order valence-electron chi connectivity index (χ3n) is 3.47. The SMILES string of the molecule is CCCCC(=O)NCCN(C(C)=O)c1ccc(OC)c(OC)c1. The smallest absolute Gasteiger partial charge is 0.223 e. The summed E-state index contributed by atoms with van der Waals surface area (Å²) >= 11 is 0. The molecule has 1 N–H and O–H groups in total. The molecule has 6 nitrogen and oxygen atoms in total. The van der Waals surface area contributed by atoms with E-state index in [-0.39, 0.29) is 11.8 Å². The molecule has 0 radical (unpaired) electrons. The molecule has 128 valence electrons. The summed E-state index contributed by atoms with van der Waals surface area (Å²) in [5.74, 6) is 1.08. The number of nitrogens with zero attached hydrogens (tertiary/aromatic N) is 1. The van der Waals surface area contributed by atoms with Crippen molar-refractivity contribution in [3.63, 3.8) is 0 Å². The molecule has 6 heteroatoms. The number of amides is 2. The highest BCUT2D eigenvalue weighted by atomic mass is 16.5. The Morgan fingerprint density at radius 1 is 1.17 bits per heavy atom. The number of hydrogen-bond acceptors (Lipinski definition) is 4. The second kappa shape index (κ2) is 9.71. The lowest BCUT2D eigenvalue weighted by Gasteiger charge is -2.22. The summed E-state index contributed by atoms with van der Waals surface area (Å²) in [6.45, 7) is 4.36. The summed E-state index contributed by atoms with van der Waals surface area (Å²) in [4.78, 5) is 25.1. The molecule has 0 aliphatic rings. The lowest BCUT2D eigenvalue weighted by Crippen LogP contribution is -2.37. The maximum absolute atomic E-state index is 11.9. The van der Waals surface area contributed by atoms with Gasteiger partial charge in [0.15, 0.2) is 11.5 Å². The molecule has 0 saturated heterocycles. The van der Waals surface area contributed by atoms with Gasteiger partial charge in [0.05, 0.1) is 14.2 Å². The van der Waals surface area contributed by atoms with Crippen molar-refractivity contribution in [3.05, 3.63) is 18.2 Å². The van der Waals surface area contributed by atoms with Gasteiger partial charge in [-0.1, -0.05) is 13.3 Å². The summed E-state index contributed by atoms with van der Waals surface area (Å²) in [5, 5.41) is 2.83. The Morgan fingerprint density at radius 2 is 1.87 bits per heavy atom. The zero-order valence-electron chi connectivity index (χ0n) is 14.3. The molecule has 0 bridgehead atoms. The topological polar surface area (TPSA) is 67.9 Å². The minimum Gasteiger partial charge on any atom is -0.493 e. The van der Waals surface area contributed by atoms with Gasteiger partial charge in [-0.15, -0.1) is 0 Å². The molecule has 0 aromatic heterocycles. The monoisotopic (exact) mass is 322 g/mol. The largest absolute Gasteiger partial charge is 0.493 e. The highest BCUT2D eigenvalue weighted by Crippen LogP contribution is 2.31. The molecule has 0 aliphatic carbocycles. The van der Waals surface area contributed by atoms with Crippen molar-refractivity contribution in [2.45, 2.75) is 33.1 Å². The highest BCUT2D eigenvalue weighted by Gasteiger charge is 2.14. The van der Waals surface area contributed by atoms with Crippen LogP contribution in [0, 0.1) is 0 Å². The van der Waals surface area contributed by atoms with Crippen LogP contribution in [0.15, 0.2) is 18.2 Å². The van der Waals surface area contributed by atoms with E-state index in [0.717, 1.165) is 12.8 Å². The summed E-state index contributed by atoms with van der Waals surface area (Å²) in [6.07, 6.45) is 2.38. The highest BCUT2D eigenvalue weighted by molar-refractivity contribution is 5.92. The number of rotatable bonds is 9. The first kappa shape index (κ1) is 18.8. The van der Waals surface area contributed by atoms with E-state index < -0.39 is 0 Å². The average molecular weight is 322 g/mol. The van der Waals surface area contributed by atoms with Gasteiger partial charge in [-0.25, -0.2) is 0 Å². The number of carbonyl (C=O) groups is 2. The zero-order chi connectivity index (χ0) is 17.2. The van der Waals surface area contributed by atoms with Gasteiger partial charge in [-0.2, -0.15) is 0 Å². The maximum atomic E-state index is 11.9. The Morgan fingerprint density at radius 3 is 2.43 bits per heavy atom. The molecule has 1 rings (SSSR count). The van der Waals surface area contributed by atoms with Crippen molar-refractivity contribution in [1.29, 1.82) is 0 Å². The Balaban J connectivity index is 2.72. The number of anilines is 1. The second-order valence-electron chi connectivity index (χ2n) is 5.16. The van der Waals surface area contributed by atoms with Crippen LogP contribution in [0.2, 0.25) is 0 Å². The van der Waals surface area contributed by atoms with Gasteiger partial charge in [-0.3, -0.25) is 9.59 Å². The van der Waals surface area contributed by atoms with Crippen LogP contribution >= 0.6 is 0 Å². The average Bonchev–Trinajstić information content (AvgIpc) is 2.55. The van der Waals surface area contributed by atoms with Crippen molar-refractivity contribution < 1.29 is 19.1 Å². The van der Waals surface area contributed by atoms with Crippen molar-refractivity contribution in [1.82, 2.24) is 5.32 Å². The van der Waals surface area contributed by atoms with Crippen LogP contribution < -0.4 is 19.7 Å². The van der Waals surface area contributed by atoms with E-state index in [1.165, 1.54) is 6.92 Å². The van der Waals surface area contributed by atoms with Crippen LogP contribution in [0.4, 0.5) is 5.69 Å². The molecule has 0 fully saturated rings. The van der Waals surface area contributed by atoms with Crippen molar-refractivity contribution in [2.24, 2.45) is 0 Å². The van der Waals surface area contributed by atoms with Crippen molar-refractivity contribution in [3.8, 4) is 11.5 Å². The molecule has 0 spiro atoms. The van der Waals surface area contributed by atoms with Crippen LogP contribution in [-0.4, -0.2) is 39.1 Å². The molecule has 23 heavy (non-hydrogen) atoms. The minimum atomic E-state index is -0.0972. The lowest BCUT2D eigenvalue weighted by atomic mass is 10.2. The molecular formula is C17H26N2O4. The van der Waals surface area contributed by atoms with Crippen molar-refractivity contribution in [2.75, 3.05) is 32.2 Å². The third kappa shape index (κ3) is 5.81. The number of ether oxygens (including phenoxy) is 2. The summed E-state index contributed by atoms with van der Waals surface area (Å²) in [6, 6.07) is 5.30. The van der Waals surface area contributed by atoms with Crippen LogP contribution in [0.5, 0.6) is 11.5 Å². The molecule has 0 aliphatic heterocycles. The van der Waals surface area contributed by atoms with E-state index in [9.17, 15) is 9.59 Å². The third-order valence-corrected chi connectivity index (χ3v) is 3.47. The van der Waals surface area contributed by atoms with Gasteiger partial charge in [0, 0.05) is 38.2 Å². The number of hydrogen-bond donors (Lipinski definition) is 1. The van der Waals surface area contributed by atoms with Gasteiger partial charge < -0.3 is 19.7 Å². The quantitative estimate of drug-likeness (QED) is 0.758. The molecule has 0 saturated carbocycles. The Labute approximate surface area is 137 Å². The number of carbonyl (C=O) groups excluding carboxylic acids is 2. The fraction of sp³-hybridized carbons (Fsp3) is 0.529. The fourth-order valence-corrected chi connectivity index (χ4v) is 2.19. The molecule has 0 unspecified atom stereocenters. The molecule has 0 atom stereocenters. The first-order valence-electron chi connectivity index (χ1n) is 7.80. The maximum Gasteiger partial charge on any atom is 0.223 e. The van der Waals surface area contributed by atoms with Crippen LogP contribution in [0.1, 0.15) is 33.1 Å². The molecular weight excluding hydrogens is 296 g/mol. The van der Waals surface area contributed by atoms with E-state index in [0.29, 0.717) is 36.7 Å². The summed E-state index contributed by atoms with van der Waals surface area (Å²) < 4.78 is 10.5. The second-order valence-corrected chi connectivity index (χ2v) is 5.16. The normalized spacial score (nSPS) is 10.1. The molecule has 1 aromatic rings. The van der Waals surface area contributed by atoms with E-state index in [1.807, 2.05) is 6.92 Å². The lowest BCUT2D eigenvalue weighted by molar-refractivity contribution is -0.121. The van der Waals surface area contributed by atoms with Gasteiger partial charge in [0.25, 0.3) is 0 Å². The fourth-order valence-electron chi connectivity index (χ4n) is 2.19. The van der Waals surface area contributed by atoms with Crippen LogP contribution in [0.25, 0.3) is 0 Å². The van der Waals surface area contributed by atoms with E-state index in [4.69, 9.17) is 9.47 Å². The van der Waals surface area contributed by atoms with Gasteiger partial charge >= 0.3 is 0 Å². The molecule has 2 amide bonds. The Hall–Kier alpha value is -2.24. The van der Waals surface area contributed by atoms with Gasteiger partial charge in [0.2, 0.25) is 11.8 Å². The van der Waals surface area contributed by atoms with E-state index in [1.54, 1.807) is 37.3 Å². The zero-order valence-corrected chi connectivity index (χ0v) is 14.3. The predicted octanol–water partition coefficient (Wildman–Crippen LogP) is 2.36. The molecule has 0 heterocycles. The van der Waals surface area contributed by atoms with Crippen molar-refractivity contribution >= 4 is 17.5 Å². The van der Waals surface area contributed by atoms with Crippen LogP contribution in [0.3, 0.4) is 0 Å². The first-order chi connectivity index (χ1) is 11.0. The molecule has 1 aromatic carbocycles. The number of benzene rings is 1. The van der Waals surface area contributed by atoms with Crippen LogP contribution in [-0.2, 0) is 9.59 Å². The number of nitrogens with one attached hydrogen (secondary N) is 1. The predicted molar refractivity (Wildman–Crippen MR) is 90.1 cm³/mol.